The number of hydrogen-bond donors (Lipinski definition) is 1. The lowest BCUT2D eigenvalue weighted by atomic mass is 10.00. The summed E-state index contributed by atoms with van der Waals surface area (Å²) in [6, 6.07) is 6.94. The van der Waals surface area contributed by atoms with Crippen LogP contribution in [0, 0.1) is 5.92 Å². The monoisotopic (exact) mass is 354 g/mol. The predicted molar refractivity (Wildman–Crippen MR) is 93.0 cm³/mol. The number of anilines is 1. The molecule has 0 amide bonds. The second-order valence-electron chi connectivity index (χ2n) is 5.95. The van der Waals surface area contributed by atoms with Gasteiger partial charge in [0.2, 0.25) is 0 Å². The van der Waals surface area contributed by atoms with Crippen LogP contribution in [0.5, 0.6) is 0 Å². The highest BCUT2D eigenvalue weighted by Crippen LogP contribution is 2.30. The number of benzene rings is 1. The van der Waals surface area contributed by atoms with E-state index < -0.39 is 0 Å². The van der Waals surface area contributed by atoms with Gasteiger partial charge in [0, 0.05) is 36.4 Å². The number of nitrogens with one attached hydrogen (secondary N) is 1. The SMILES string of the molecule is CCNC(C)c1cc(Br)ccc1N(C)CC1CCCOC1. The van der Waals surface area contributed by atoms with Gasteiger partial charge < -0.3 is 15.0 Å². The van der Waals surface area contributed by atoms with E-state index in [2.05, 4.69) is 65.2 Å². The largest absolute Gasteiger partial charge is 0.381 e. The van der Waals surface area contributed by atoms with Crippen molar-refractivity contribution in [2.75, 3.05) is 38.3 Å². The van der Waals surface area contributed by atoms with E-state index in [0.29, 0.717) is 12.0 Å². The van der Waals surface area contributed by atoms with E-state index >= 15 is 0 Å². The van der Waals surface area contributed by atoms with Gasteiger partial charge in [-0.25, -0.2) is 0 Å². The van der Waals surface area contributed by atoms with Gasteiger partial charge in [0.05, 0.1) is 6.61 Å². The molecule has 21 heavy (non-hydrogen) atoms. The first-order chi connectivity index (χ1) is 10.1. The highest BCUT2D eigenvalue weighted by molar-refractivity contribution is 9.10. The first-order valence-electron chi connectivity index (χ1n) is 7.93. The van der Waals surface area contributed by atoms with Crippen molar-refractivity contribution < 1.29 is 4.74 Å². The summed E-state index contributed by atoms with van der Waals surface area (Å²) in [5.74, 6) is 0.648. The third-order valence-electron chi connectivity index (χ3n) is 4.16. The molecule has 0 spiro atoms. The van der Waals surface area contributed by atoms with Crippen molar-refractivity contribution in [2.24, 2.45) is 5.92 Å². The Hall–Kier alpha value is -0.580. The van der Waals surface area contributed by atoms with Crippen LogP contribution in [0.15, 0.2) is 22.7 Å². The molecule has 1 aromatic rings. The normalized spacial score (nSPS) is 20.3. The third-order valence-corrected chi connectivity index (χ3v) is 4.66. The lowest BCUT2D eigenvalue weighted by Gasteiger charge is -2.31. The molecule has 1 saturated heterocycles. The predicted octanol–water partition coefficient (Wildman–Crippen LogP) is 3.98. The second kappa shape index (κ2) is 8.16. The molecule has 1 aliphatic heterocycles. The average Bonchev–Trinajstić information content (AvgIpc) is 2.48. The Balaban J connectivity index is 2.12. The highest BCUT2D eigenvalue weighted by Gasteiger charge is 2.19. The van der Waals surface area contributed by atoms with Gasteiger partial charge >= 0.3 is 0 Å². The van der Waals surface area contributed by atoms with Gasteiger partial charge in [0.15, 0.2) is 0 Å². The first-order valence-corrected chi connectivity index (χ1v) is 8.72. The van der Waals surface area contributed by atoms with Gasteiger partial charge in [-0.2, -0.15) is 0 Å². The Labute approximate surface area is 137 Å². The van der Waals surface area contributed by atoms with Gasteiger partial charge in [0.25, 0.3) is 0 Å². The maximum atomic E-state index is 5.61. The Morgan fingerprint density at radius 1 is 1.48 bits per heavy atom. The number of ether oxygens (including phenoxy) is 1. The van der Waals surface area contributed by atoms with Crippen molar-refractivity contribution in [1.82, 2.24) is 5.32 Å². The maximum absolute atomic E-state index is 5.61. The lowest BCUT2D eigenvalue weighted by Crippen LogP contribution is -2.32. The van der Waals surface area contributed by atoms with E-state index in [0.717, 1.165) is 30.8 Å². The molecule has 1 aliphatic rings. The zero-order valence-electron chi connectivity index (χ0n) is 13.4. The minimum absolute atomic E-state index is 0.354. The molecule has 3 nitrogen and oxygen atoms in total. The smallest absolute Gasteiger partial charge is 0.0511 e. The van der Waals surface area contributed by atoms with Crippen LogP contribution in [-0.2, 0) is 4.74 Å². The molecule has 1 fully saturated rings. The number of rotatable bonds is 6. The topological polar surface area (TPSA) is 24.5 Å². The average molecular weight is 355 g/mol. The zero-order valence-corrected chi connectivity index (χ0v) is 14.9. The van der Waals surface area contributed by atoms with Gasteiger partial charge in [0.1, 0.15) is 0 Å². The quantitative estimate of drug-likeness (QED) is 0.835. The second-order valence-corrected chi connectivity index (χ2v) is 6.86. The number of hydrogen-bond acceptors (Lipinski definition) is 3. The van der Waals surface area contributed by atoms with Crippen LogP contribution in [0.4, 0.5) is 5.69 Å². The van der Waals surface area contributed by atoms with E-state index in [4.69, 9.17) is 4.74 Å². The summed E-state index contributed by atoms with van der Waals surface area (Å²) in [5.41, 5.74) is 2.67. The van der Waals surface area contributed by atoms with Crippen LogP contribution in [0.2, 0.25) is 0 Å². The molecule has 1 N–H and O–H groups in total. The van der Waals surface area contributed by atoms with Crippen LogP contribution >= 0.6 is 15.9 Å². The third kappa shape index (κ3) is 4.70. The fourth-order valence-corrected chi connectivity index (χ4v) is 3.45. The molecule has 2 rings (SSSR count). The van der Waals surface area contributed by atoms with Crippen molar-refractivity contribution >= 4 is 21.6 Å². The Morgan fingerprint density at radius 2 is 2.29 bits per heavy atom. The van der Waals surface area contributed by atoms with Crippen LogP contribution in [-0.4, -0.2) is 33.4 Å². The summed E-state index contributed by atoms with van der Waals surface area (Å²) in [7, 11) is 2.19. The molecular formula is C17H27BrN2O. The lowest BCUT2D eigenvalue weighted by molar-refractivity contribution is 0.0576. The molecule has 118 valence electrons. The van der Waals surface area contributed by atoms with Crippen LogP contribution in [0.1, 0.15) is 38.3 Å². The summed E-state index contributed by atoms with van der Waals surface area (Å²) < 4.78 is 6.75. The van der Waals surface area contributed by atoms with Gasteiger partial charge in [-0.05, 0) is 56.0 Å². The van der Waals surface area contributed by atoms with E-state index in [1.165, 1.54) is 24.1 Å². The summed E-state index contributed by atoms with van der Waals surface area (Å²) >= 11 is 3.60. The minimum Gasteiger partial charge on any atom is -0.381 e. The van der Waals surface area contributed by atoms with Crippen LogP contribution in [0.25, 0.3) is 0 Å². The molecule has 0 aliphatic carbocycles. The summed E-state index contributed by atoms with van der Waals surface area (Å²) in [6.07, 6.45) is 2.47. The van der Waals surface area contributed by atoms with Crippen molar-refractivity contribution in [1.29, 1.82) is 0 Å². The molecule has 0 bridgehead atoms. The molecule has 0 saturated carbocycles. The van der Waals surface area contributed by atoms with Crippen LogP contribution < -0.4 is 10.2 Å². The van der Waals surface area contributed by atoms with Crippen molar-refractivity contribution in [3.8, 4) is 0 Å². The van der Waals surface area contributed by atoms with E-state index in [1.807, 2.05) is 0 Å². The fourth-order valence-electron chi connectivity index (χ4n) is 3.07. The molecule has 2 atom stereocenters. The summed E-state index contributed by atoms with van der Waals surface area (Å²) in [4.78, 5) is 2.38. The van der Waals surface area contributed by atoms with Gasteiger partial charge in [-0.3, -0.25) is 0 Å². The highest BCUT2D eigenvalue weighted by atomic mass is 79.9. The first kappa shape index (κ1) is 16.8. The van der Waals surface area contributed by atoms with Crippen LogP contribution in [0.3, 0.4) is 0 Å². The van der Waals surface area contributed by atoms with E-state index in [-0.39, 0.29) is 0 Å². The molecule has 2 unspecified atom stereocenters. The molecule has 1 aromatic carbocycles. The number of halogens is 1. The molecule has 0 radical (unpaired) electrons. The van der Waals surface area contributed by atoms with Gasteiger partial charge in [-0.1, -0.05) is 22.9 Å². The van der Waals surface area contributed by atoms with Crippen molar-refractivity contribution in [3.63, 3.8) is 0 Å². The molecular weight excluding hydrogens is 328 g/mol. The Kier molecular flexibility index (Phi) is 6.52. The Bertz CT molecular complexity index is 446. The minimum atomic E-state index is 0.354. The van der Waals surface area contributed by atoms with Gasteiger partial charge in [-0.15, -0.1) is 0 Å². The molecule has 4 heteroatoms. The molecule has 1 heterocycles. The number of nitrogens with zero attached hydrogens (tertiary/aromatic N) is 1. The van der Waals surface area contributed by atoms with Crippen molar-refractivity contribution in [2.45, 2.75) is 32.7 Å². The summed E-state index contributed by atoms with van der Waals surface area (Å²) in [6.45, 7) is 8.25. The van der Waals surface area contributed by atoms with Crippen molar-refractivity contribution in [3.05, 3.63) is 28.2 Å². The fraction of sp³-hybridized carbons (Fsp3) is 0.647. The molecule has 0 aromatic heterocycles. The standard InChI is InChI=1S/C17H27BrN2O/c1-4-19-13(2)16-10-15(18)7-8-17(16)20(3)11-14-6-5-9-21-12-14/h7-8,10,13-14,19H,4-6,9,11-12H2,1-3H3. The Morgan fingerprint density at radius 3 is 2.95 bits per heavy atom. The maximum Gasteiger partial charge on any atom is 0.0511 e. The summed E-state index contributed by atoms with van der Waals surface area (Å²) in [5, 5.41) is 3.52. The zero-order chi connectivity index (χ0) is 15.2. The van der Waals surface area contributed by atoms with E-state index in [1.54, 1.807) is 0 Å². The van der Waals surface area contributed by atoms with E-state index in [9.17, 15) is 0 Å².